The minimum Gasteiger partial charge on any atom is -0.343 e. The molecule has 0 unspecified atom stereocenters. The molecule has 0 aliphatic heterocycles. The highest BCUT2D eigenvalue weighted by Crippen LogP contribution is 2.20. The fraction of sp³-hybridized carbons (Fsp3) is 0.889. The third kappa shape index (κ3) is 5.09. The van der Waals surface area contributed by atoms with E-state index in [0.717, 1.165) is 0 Å². The second-order valence-electron chi connectivity index (χ2n) is 4.43. The first-order chi connectivity index (χ1) is 6.04. The molecule has 2 nitrogen and oxygen atoms in total. The predicted octanol–water partition coefficient (Wildman–Crippen LogP) is 2.49. The summed E-state index contributed by atoms with van der Waals surface area (Å²) in [5.41, 5.74) is -0.819. The minimum atomic E-state index is -4.80. The molecule has 5 heteroatoms. The first kappa shape index (κ1) is 13.3. The van der Waals surface area contributed by atoms with E-state index in [0.29, 0.717) is 6.42 Å². The maximum atomic E-state index is 11.9. The van der Waals surface area contributed by atoms with Gasteiger partial charge in [-0.05, 0) is 26.2 Å². The molecule has 0 heterocycles. The Morgan fingerprint density at radius 3 is 2.00 bits per heavy atom. The third-order valence-electron chi connectivity index (χ3n) is 1.63. The fourth-order valence-corrected chi connectivity index (χ4v) is 1.45. The van der Waals surface area contributed by atoms with Crippen molar-refractivity contribution in [1.82, 2.24) is 5.32 Å². The van der Waals surface area contributed by atoms with Gasteiger partial charge in [-0.2, -0.15) is 13.2 Å². The van der Waals surface area contributed by atoms with Crippen molar-refractivity contribution in [3.8, 4) is 0 Å². The fourth-order valence-electron chi connectivity index (χ4n) is 1.45. The molecule has 0 radical (unpaired) electrons. The summed E-state index contributed by atoms with van der Waals surface area (Å²) in [7, 11) is 0. The highest BCUT2D eigenvalue weighted by atomic mass is 19.4. The van der Waals surface area contributed by atoms with Crippen molar-refractivity contribution in [2.75, 3.05) is 0 Å². The van der Waals surface area contributed by atoms with Gasteiger partial charge in [-0.3, -0.25) is 4.79 Å². The monoisotopic (exact) mass is 211 g/mol. The largest absolute Gasteiger partial charge is 0.471 e. The van der Waals surface area contributed by atoms with Crippen LogP contribution in [0.2, 0.25) is 0 Å². The molecule has 14 heavy (non-hydrogen) atoms. The van der Waals surface area contributed by atoms with E-state index in [-0.39, 0.29) is 5.92 Å². The highest BCUT2D eigenvalue weighted by molar-refractivity contribution is 5.82. The van der Waals surface area contributed by atoms with E-state index in [9.17, 15) is 18.0 Å². The van der Waals surface area contributed by atoms with E-state index < -0.39 is 17.6 Å². The van der Waals surface area contributed by atoms with Crippen LogP contribution in [0.5, 0.6) is 0 Å². The average Bonchev–Trinajstić information content (AvgIpc) is 1.79. The predicted molar refractivity (Wildman–Crippen MR) is 47.7 cm³/mol. The molecule has 0 spiro atoms. The van der Waals surface area contributed by atoms with E-state index >= 15 is 0 Å². The van der Waals surface area contributed by atoms with Crippen LogP contribution in [0, 0.1) is 5.92 Å². The smallest absolute Gasteiger partial charge is 0.343 e. The molecule has 0 aliphatic carbocycles. The van der Waals surface area contributed by atoms with Crippen LogP contribution in [0.4, 0.5) is 13.2 Å². The molecule has 1 amide bonds. The molecule has 0 aliphatic rings. The first-order valence-corrected chi connectivity index (χ1v) is 4.44. The Hall–Kier alpha value is -0.740. The number of halogens is 3. The van der Waals surface area contributed by atoms with Crippen LogP contribution in [0.15, 0.2) is 0 Å². The zero-order valence-corrected chi connectivity index (χ0v) is 8.83. The van der Waals surface area contributed by atoms with E-state index in [1.165, 1.54) is 0 Å². The second-order valence-corrected chi connectivity index (χ2v) is 4.43. The normalized spacial score (nSPS) is 13.1. The zero-order chi connectivity index (χ0) is 11.6. The topological polar surface area (TPSA) is 29.1 Å². The first-order valence-electron chi connectivity index (χ1n) is 4.44. The Balaban J connectivity index is 4.30. The number of alkyl halides is 3. The number of nitrogens with one attached hydrogen (secondary N) is 1. The van der Waals surface area contributed by atoms with Crippen LogP contribution < -0.4 is 5.32 Å². The molecule has 0 atom stereocenters. The average molecular weight is 211 g/mol. The van der Waals surface area contributed by atoms with Gasteiger partial charge in [-0.1, -0.05) is 13.8 Å². The van der Waals surface area contributed by atoms with E-state index in [4.69, 9.17) is 0 Å². The van der Waals surface area contributed by atoms with E-state index in [2.05, 4.69) is 0 Å². The molecule has 0 fully saturated rings. The lowest BCUT2D eigenvalue weighted by Crippen LogP contribution is -2.49. The molecule has 1 N–H and O–H groups in total. The summed E-state index contributed by atoms with van der Waals surface area (Å²) in [6.07, 6.45) is -4.29. The van der Waals surface area contributed by atoms with Crippen molar-refractivity contribution in [2.24, 2.45) is 5.92 Å². The van der Waals surface area contributed by atoms with E-state index in [1.807, 2.05) is 19.2 Å². The highest BCUT2D eigenvalue weighted by Gasteiger charge is 2.41. The summed E-state index contributed by atoms with van der Waals surface area (Å²) in [6, 6.07) is 0. The van der Waals surface area contributed by atoms with Crippen LogP contribution >= 0.6 is 0 Å². The van der Waals surface area contributed by atoms with Gasteiger partial charge < -0.3 is 5.32 Å². The summed E-state index contributed by atoms with van der Waals surface area (Å²) >= 11 is 0. The van der Waals surface area contributed by atoms with Crippen molar-refractivity contribution in [3.05, 3.63) is 0 Å². The summed E-state index contributed by atoms with van der Waals surface area (Å²) in [4.78, 5) is 10.6. The number of carbonyl (C=O) groups is 1. The number of rotatable bonds is 3. The van der Waals surface area contributed by atoms with Gasteiger partial charge in [0.25, 0.3) is 0 Å². The number of hydrogen-bond donors (Lipinski definition) is 1. The molecule has 0 aromatic heterocycles. The molecule has 84 valence electrons. The van der Waals surface area contributed by atoms with Crippen molar-refractivity contribution >= 4 is 5.91 Å². The van der Waals surface area contributed by atoms with Crippen LogP contribution in [-0.4, -0.2) is 17.6 Å². The molecule has 0 bridgehead atoms. The van der Waals surface area contributed by atoms with Gasteiger partial charge in [-0.15, -0.1) is 0 Å². The lowest BCUT2D eigenvalue weighted by atomic mass is 9.93. The van der Waals surface area contributed by atoms with Crippen LogP contribution in [-0.2, 0) is 4.79 Å². The minimum absolute atomic E-state index is 0.235. The Morgan fingerprint density at radius 1 is 1.29 bits per heavy atom. The van der Waals surface area contributed by atoms with Gasteiger partial charge in [0, 0.05) is 5.54 Å². The Labute approximate surface area is 81.9 Å². The van der Waals surface area contributed by atoms with Crippen molar-refractivity contribution in [2.45, 2.75) is 45.8 Å². The second kappa shape index (κ2) is 4.19. The van der Waals surface area contributed by atoms with Crippen LogP contribution in [0.1, 0.15) is 34.1 Å². The number of carbonyl (C=O) groups excluding carboxylic acids is 1. The van der Waals surface area contributed by atoms with Gasteiger partial charge in [-0.25, -0.2) is 0 Å². The number of amides is 1. The lowest BCUT2D eigenvalue weighted by Gasteiger charge is -2.28. The molecule has 0 aromatic carbocycles. The quantitative estimate of drug-likeness (QED) is 0.763. The van der Waals surface area contributed by atoms with Gasteiger partial charge in [0.1, 0.15) is 0 Å². The molecule has 0 aromatic rings. The van der Waals surface area contributed by atoms with Gasteiger partial charge in [0.15, 0.2) is 0 Å². The van der Waals surface area contributed by atoms with Crippen molar-refractivity contribution in [1.29, 1.82) is 0 Å². The molecule has 0 saturated heterocycles. The number of hydrogen-bond acceptors (Lipinski definition) is 1. The Morgan fingerprint density at radius 2 is 1.71 bits per heavy atom. The summed E-state index contributed by atoms with van der Waals surface area (Å²) < 4.78 is 35.7. The van der Waals surface area contributed by atoms with Crippen molar-refractivity contribution in [3.63, 3.8) is 0 Å². The van der Waals surface area contributed by atoms with E-state index in [1.54, 1.807) is 13.8 Å². The maximum absolute atomic E-state index is 11.9. The zero-order valence-electron chi connectivity index (χ0n) is 8.83. The molecular weight excluding hydrogens is 195 g/mol. The van der Waals surface area contributed by atoms with Crippen LogP contribution in [0.3, 0.4) is 0 Å². The van der Waals surface area contributed by atoms with Gasteiger partial charge >= 0.3 is 12.1 Å². The summed E-state index contributed by atoms with van der Waals surface area (Å²) in [5, 5.41) is 1.96. The van der Waals surface area contributed by atoms with Gasteiger partial charge in [0.2, 0.25) is 0 Å². The van der Waals surface area contributed by atoms with Gasteiger partial charge in [0.05, 0.1) is 0 Å². The molecule has 0 saturated carbocycles. The maximum Gasteiger partial charge on any atom is 0.471 e. The Kier molecular flexibility index (Phi) is 3.97. The van der Waals surface area contributed by atoms with Crippen LogP contribution in [0.25, 0.3) is 0 Å². The summed E-state index contributed by atoms with van der Waals surface area (Å²) in [5.74, 6) is -1.64. The lowest BCUT2D eigenvalue weighted by molar-refractivity contribution is -0.175. The molecule has 0 rings (SSSR count). The SMILES string of the molecule is CC(C)CC(C)(C)NC(=O)C(F)(F)F. The van der Waals surface area contributed by atoms with Crippen molar-refractivity contribution < 1.29 is 18.0 Å². The molecular formula is C9H16F3NO. The standard InChI is InChI=1S/C9H16F3NO/c1-6(2)5-8(3,4)13-7(14)9(10,11)12/h6H,5H2,1-4H3,(H,13,14). The Bertz CT molecular complexity index is 209. The third-order valence-corrected chi connectivity index (χ3v) is 1.63. The summed E-state index contributed by atoms with van der Waals surface area (Å²) in [6.45, 7) is 6.94.